The van der Waals surface area contributed by atoms with E-state index in [1.807, 2.05) is 83.7 Å². The molecule has 0 atom stereocenters. The van der Waals surface area contributed by atoms with Crippen molar-refractivity contribution in [3.63, 3.8) is 0 Å². The minimum Gasteiger partial charge on any atom is -0.338 e. The van der Waals surface area contributed by atoms with Crippen molar-refractivity contribution in [2.75, 3.05) is 5.32 Å². The van der Waals surface area contributed by atoms with Crippen molar-refractivity contribution in [2.24, 2.45) is 0 Å². The van der Waals surface area contributed by atoms with Gasteiger partial charge >= 0.3 is 0 Å². The normalized spacial score (nSPS) is 11.0. The molecule has 5 nitrogen and oxygen atoms in total. The fourth-order valence-electron chi connectivity index (χ4n) is 3.17. The third-order valence-corrected chi connectivity index (χ3v) is 6.47. The van der Waals surface area contributed by atoms with Crippen LogP contribution in [-0.2, 0) is 5.75 Å². The van der Waals surface area contributed by atoms with Gasteiger partial charge in [0.05, 0.1) is 22.2 Å². The van der Waals surface area contributed by atoms with Crippen LogP contribution < -0.4 is 5.32 Å². The maximum absolute atomic E-state index is 12.6. The first-order valence-corrected chi connectivity index (χ1v) is 11.6. The number of aromatic amines is 1. The number of nitrogens with one attached hydrogen (secondary N) is 2. The molecule has 7 heteroatoms. The number of imidazole rings is 1. The minimum absolute atomic E-state index is 0.132. The van der Waals surface area contributed by atoms with E-state index >= 15 is 0 Å². The van der Waals surface area contributed by atoms with E-state index in [-0.39, 0.29) is 5.91 Å². The van der Waals surface area contributed by atoms with Crippen molar-refractivity contribution in [1.82, 2.24) is 15.0 Å². The zero-order chi connectivity index (χ0) is 21.0. The Morgan fingerprint density at radius 3 is 2.55 bits per heavy atom. The number of para-hydroxylation sites is 2. The lowest BCUT2D eigenvalue weighted by atomic mass is 10.1. The van der Waals surface area contributed by atoms with Gasteiger partial charge in [-0.05, 0) is 60.7 Å². The summed E-state index contributed by atoms with van der Waals surface area (Å²) in [6.07, 6.45) is 0. The minimum atomic E-state index is -0.132. The lowest BCUT2D eigenvalue weighted by Crippen LogP contribution is -2.11. The number of aromatic nitrogens is 3. The molecule has 2 heterocycles. The van der Waals surface area contributed by atoms with Crippen molar-refractivity contribution < 1.29 is 4.79 Å². The number of H-pyrrole nitrogens is 1. The Morgan fingerprint density at radius 2 is 1.81 bits per heavy atom. The summed E-state index contributed by atoms with van der Waals surface area (Å²) >= 11 is 3.31. The second kappa shape index (κ2) is 8.75. The van der Waals surface area contributed by atoms with Gasteiger partial charge in [-0.1, -0.05) is 12.1 Å². The van der Waals surface area contributed by atoms with Crippen molar-refractivity contribution in [3.05, 3.63) is 94.9 Å². The van der Waals surface area contributed by atoms with Crippen LogP contribution in [0.5, 0.6) is 0 Å². The van der Waals surface area contributed by atoms with Gasteiger partial charge < -0.3 is 10.3 Å². The monoisotopic (exact) mass is 442 g/mol. The standard InChI is InChI=1S/C24H18N4OS2/c29-24(17-7-11-20(12-8-17)31-14-19-13-30-15-25-19)26-18-9-5-16(6-10-18)23-27-21-3-1-2-4-22(21)28-23/h1-13,15H,14H2,(H,26,29)(H,27,28). The molecule has 1 amide bonds. The number of benzene rings is 3. The zero-order valence-corrected chi connectivity index (χ0v) is 18.0. The molecule has 0 aliphatic rings. The lowest BCUT2D eigenvalue weighted by Gasteiger charge is -2.07. The summed E-state index contributed by atoms with van der Waals surface area (Å²) in [6.45, 7) is 0. The fraction of sp³-hybridized carbons (Fsp3) is 0.0417. The van der Waals surface area contributed by atoms with Crippen molar-refractivity contribution in [1.29, 1.82) is 0 Å². The van der Waals surface area contributed by atoms with Crippen molar-refractivity contribution in [3.8, 4) is 11.4 Å². The molecule has 31 heavy (non-hydrogen) atoms. The van der Waals surface area contributed by atoms with E-state index in [0.29, 0.717) is 5.56 Å². The smallest absolute Gasteiger partial charge is 0.255 e. The quantitative estimate of drug-likeness (QED) is 0.306. The largest absolute Gasteiger partial charge is 0.338 e. The lowest BCUT2D eigenvalue weighted by molar-refractivity contribution is 0.102. The van der Waals surface area contributed by atoms with Crippen LogP contribution in [0.25, 0.3) is 22.4 Å². The number of carbonyl (C=O) groups is 1. The van der Waals surface area contributed by atoms with Crippen molar-refractivity contribution in [2.45, 2.75) is 10.6 Å². The number of thiazole rings is 1. The van der Waals surface area contributed by atoms with Crippen LogP contribution in [0.4, 0.5) is 5.69 Å². The van der Waals surface area contributed by atoms with E-state index < -0.39 is 0 Å². The van der Waals surface area contributed by atoms with Gasteiger partial charge in [0.25, 0.3) is 5.91 Å². The first kappa shape index (κ1) is 19.5. The molecule has 0 saturated carbocycles. The summed E-state index contributed by atoms with van der Waals surface area (Å²) in [5, 5.41) is 5.00. The molecule has 152 valence electrons. The molecular weight excluding hydrogens is 424 g/mol. The average molecular weight is 443 g/mol. The second-order valence-electron chi connectivity index (χ2n) is 6.93. The molecule has 0 fully saturated rings. The van der Waals surface area contributed by atoms with Crippen LogP contribution in [0.3, 0.4) is 0 Å². The number of carbonyl (C=O) groups excluding carboxylic acids is 1. The van der Waals surface area contributed by atoms with Gasteiger partial charge in [0, 0.05) is 32.8 Å². The first-order chi connectivity index (χ1) is 15.2. The summed E-state index contributed by atoms with van der Waals surface area (Å²) < 4.78 is 0. The molecule has 2 aromatic heterocycles. The molecule has 0 unspecified atom stereocenters. The topological polar surface area (TPSA) is 70.7 Å². The van der Waals surface area contributed by atoms with Gasteiger partial charge in [0.1, 0.15) is 5.82 Å². The fourth-order valence-corrected chi connectivity index (χ4v) is 4.64. The van der Waals surface area contributed by atoms with E-state index in [0.717, 1.165) is 44.5 Å². The number of amides is 1. The highest BCUT2D eigenvalue weighted by Gasteiger charge is 2.08. The number of hydrogen-bond donors (Lipinski definition) is 2. The Morgan fingerprint density at radius 1 is 1.00 bits per heavy atom. The number of fused-ring (bicyclic) bond motifs is 1. The van der Waals surface area contributed by atoms with Gasteiger partial charge in [-0.25, -0.2) is 9.97 Å². The molecular formula is C24H18N4OS2. The van der Waals surface area contributed by atoms with Gasteiger partial charge in [-0.3, -0.25) is 4.79 Å². The SMILES string of the molecule is O=C(Nc1ccc(-c2nc3ccccc3[nH]2)cc1)c1ccc(SCc2cscn2)cc1. The van der Waals surface area contributed by atoms with Gasteiger partial charge in [-0.2, -0.15) is 0 Å². The summed E-state index contributed by atoms with van der Waals surface area (Å²) in [5.74, 6) is 1.50. The third-order valence-electron chi connectivity index (χ3n) is 4.79. The number of nitrogens with zero attached hydrogens (tertiary/aromatic N) is 2. The van der Waals surface area contributed by atoms with Crippen LogP contribution >= 0.6 is 23.1 Å². The summed E-state index contributed by atoms with van der Waals surface area (Å²) in [4.78, 5) is 25.9. The van der Waals surface area contributed by atoms with E-state index in [1.54, 1.807) is 23.1 Å². The second-order valence-corrected chi connectivity index (χ2v) is 8.69. The number of anilines is 1. The predicted molar refractivity (Wildman–Crippen MR) is 128 cm³/mol. The van der Waals surface area contributed by atoms with Crippen molar-refractivity contribution >= 4 is 45.7 Å². The highest BCUT2D eigenvalue weighted by Crippen LogP contribution is 2.24. The van der Waals surface area contributed by atoms with E-state index in [1.165, 1.54) is 0 Å². The Kier molecular flexibility index (Phi) is 5.52. The predicted octanol–water partition coefficient (Wildman–Crippen LogP) is 6.23. The summed E-state index contributed by atoms with van der Waals surface area (Å²) in [5.41, 5.74) is 7.18. The Hall–Kier alpha value is -3.42. The Balaban J connectivity index is 1.22. The molecule has 5 aromatic rings. The molecule has 0 saturated heterocycles. The Bertz CT molecular complexity index is 1280. The van der Waals surface area contributed by atoms with Crippen LogP contribution in [0.15, 0.2) is 88.6 Å². The molecule has 3 aromatic carbocycles. The van der Waals surface area contributed by atoms with Gasteiger partial charge in [0.15, 0.2) is 0 Å². The highest BCUT2D eigenvalue weighted by molar-refractivity contribution is 7.98. The molecule has 5 rings (SSSR count). The third kappa shape index (κ3) is 4.52. The van der Waals surface area contributed by atoms with Crippen LogP contribution in [0.2, 0.25) is 0 Å². The first-order valence-electron chi connectivity index (χ1n) is 9.71. The van der Waals surface area contributed by atoms with E-state index in [4.69, 9.17) is 0 Å². The number of rotatable bonds is 6. The summed E-state index contributed by atoms with van der Waals surface area (Å²) in [7, 11) is 0. The number of thioether (sulfide) groups is 1. The molecule has 0 aliphatic carbocycles. The van der Waals surface area contributed by atoms with E-state index in [9.17, 15) is 4.79 Å². The molecule has 0 bridgehead atoms. The maximum atomic E-state index is 12.6. The van der Waals surface area contributed by atoms with Gasteiger partial charge in [0.2, 0.25) is 0 Å². The molecule has 0 radical (unpaired) electrons. The number of hydrogen-bond acceptors (Lipinski definition) is 5. The Labute approximate surface area is 187 Å². The molecule has 0 spiro atoms. The van der Waals surface area contributed by atoms with Gasteiger partial charge in [-0.15, -0.1) is 23.1 Å². The highest BCUT2D eigenvalue weighted by atomic mass is 32.2. The maximum Gasteiger partial charge on any atom is 0.255 e. The van der Waals surface area contributed by atoms with E-state index in [2.05, 4.69) is 20.3 Å². The average Bonchev–Trinajstić information content (AvgIpc) is 3.48. The zero-order valence-electron chi connectivity index (χ0n) is 16.4. The van der Waals surface area contributed by atoms with Crippen LogP contribution in [0.1, 0.15) is 16.1 Å². The summed E-state index contributed by atoms with van der Waals surface area (Å²) in [6, 6.07) is 23.2. The molecule has 0 aliphatic heterocycles. The van der Waals surface area contributed by atoms with Crippen LogP contribution in [0, 0.1) is 0 Å². The molecule has 2 N–H and O–H groups in total. The van der Waals surface area contributed by atoms with Crippen LogP contribution in [-0.4, -0.2) is 20.9 Å².